The first-order valence-corrected chi connectivity index (χ1v) is 11.3. The van der Waals surface area contributed by atoms with Crippen LogP contribution in [0.2, 0.25) is 0 Å². The maximum atomic E-state index is 13.3. The summed E-state index contributed by atoms with van der Waals surface area (Å²) in [5.41, 5.74) is 1.78. The van der Waals surface area contributed by atoms with E-state index in [0.29, 0.717) is 35.6 Å². The summed E-state index contributed by atoms with van der Waals surface area (Å²) in [7, 11) is 1.69. The number of ether oxygens (including phenoxy) is 1. The van der Waals surface area contributed by atoms with Crippen LogP contribution in [-0.4, -0.2) is 58.9 Å². The molecule has 0 unspecified atom stereocenters. The maximum Gasteiger partial charge on any atom is 0.272 e. The van der Waals surface area contributed by atoms with Gasteiger partial charge in [-0.15, -0.1) is 0 Å². The van der Waals surface area contributed by atoms with Gasteiger partial charge in [-0.05, 0) is 30.2 Å². The molecule has 3 aromatic rings. The van der Waals surface area contributed by atoms with Crippen LogP contribution in [0.1, 0.15) is 6.42 Å². The number of nitrogens with one attached hydrogen (secondary N) is 1. The van der Waals surface area contributed by atoms with Gasteiger partial charge in [0, 0.05) is 25.7 Å². The van der Waals surface area contributed by atoms with Crippen molar-refractivity contribution in [3.05, 3.63) is 71.9 Å². The number of hydrogen-bond donors (Lipinski definition) is 1. The summed E-state index contributed by atoms with van der Waals surface area (Å²) < 4.78 is 6.63. The molecule has 0 saturated carbocycles. The molecular formula is C26H23N5O5. The fraction of sp³-hybridized carbons (Fsp3) is 0.192. The summed E-state index contributed by atoms with van der Waals surface area (Å²) in [4.78, 5) is 57.6. The zero-order valence-corrected chi connectivity index (χ0v) is 19.6. The molecule has 5 rings (SSSR count). The number of amides is 3. The summed E-state index contributed by atoms with van der Waals surface area (Å²) in [5.74, 6) is -0.669. The van der Waals surface area contributed by atoms with Crippen molar-refractivity contribution >= 4 is 40.0 Å². The van der Waals surface area contributed by atoms with E-state index < -0.39 is 11.5 Å². The Morgan fingerprint density at radius 1 is 1.11 bits per heavy atom. The lowest BCUT2D eigenvalue weighted by Gasteiger charge is -2.31. The molecule has 0 radical (unpaired) electrons. The Bertz CT molecular complexity index is 1540. The Labute approximate surface area is 206 Å². The second-order valence-electron chi connectivity index (χ2n) is 8.57. The third kappa shape index (κ3) is 3.82. The summed E-state index contributed by atoms with van der Waals surface area (Å²) in [6.45, 7) is 8.55. The molecule has 3 amide bonds. The minimum Gasteiger partial charge on any atom is -0.482 e. The largest absolute Gasteiger partial charge is 0.482 e. The monoisotopic (exact) mass is 485 g/mol. The average Bonchev–Trinajstić information content (AvgIpc) is 2.84. The van der Waals surface area contributed by atoms with E-state index in [4.69, 9.17) is 4.74 Å². The van der Waals surface area contributed by atoms with E-state index in [1.54, 1.807) is 36.2 Å². The van der Waals surface area contributed by atoms with Gasteiger partial charge in [-0.1, -0.05) is 31.4 Å². The van der Waals surface area contributed by atoms with Gasteiger partial charge in [0.1, 0.15) is 17.8 Å². The lowest BCUT2D eigenvalue weighted by atomic mass is 10.0. The number of nitrogens with zero attached hydrogens (tertiary/aromatic N) is 4. The lowest BCUT2D eigenvalue weighted by molar-refractivity contribution is -0.131. The first kappa shape index (κ1) is 23.0. The Balaban J connectivity index is 1.45. The van der Waals surface area contributed by atoms with Gasteiger partial charge < -0.3 is 19.9 Å². The van der Waals surface area contributed by atoms with Crippen molar-refractivity contribution in [2.24, 2.45) is 0 Å². The maximum absolute atomic E-state index is 13.3. The quantitative estimate of drug-likeness (QED) is 0.551. The molecule has 2 aromatic carbocycles. The Morgan fingerprint density at radius 2 is 1.89 bits per heavy atom. The molecule has 1 saturated heterocycles. The highest BCUT2D eigenvalue weighted by Gasteiger charge is 2.25. The molecule has 3 heterocycles. The normalized spacial score (nSPS) is 14.5. The van der Waals surface area contributed by atoms with E-state index in [2.05, 4.69) is 23.5 Å². The molecule has 1 aromatic heterocycles. The average molecular weight is 486 g/mol. The second-order valence-corrected chi connectivity index (χ2v) is 8.57. The number of hydrogen-bond acceptors (Lipinski definition) is 6. The number of carbonyl (C=O) groups is 3. The zero-order valence-electron chi connectivity index (χ0n) is 19.6. The van der Waals surface area contributed by atoms with Crippen LogP contribution >= 0.6 is 0 Å². The van der Waals surface area contributed by atoms with Crippen molar-refractivity contribution in [2.45, 2.75) is 6.42 Å². The number of rotatable bonds is 5. The fourth-order valence-electron chi connectivity index (χ4n) is 4.11. The molecule has 10 heteroatoms. The first-order valence-electron chi connectivity index (χ1n) is 11.3. The number of likely N-dealkylation sites (N-methyl/N-ethyl adjacent to an activating group) is 1. The van der Waals surface area contributed by atoms with E-state index in [1.165, 1.54) is 11.2 Å². The van der Waals surface area contributed by atoms with Crippen LogP contribution in [0.15, 0.2) is 66.4 Å². The summed E-state index contributed by atoms with van der Waals surface area (Å²) in [6, 6.07) is 10.6. The van der Waals surface area contributed by atoms with E-state index in [1.807, 2.05) is 12.1 Å². The second kappa shape index (κ2) is 8.81. The number of para-hydroxylation sites is 1. The van der Waals surface area contributed by atoms with Gasteiger partial charge in [0.2, 0.25) is 0 Å². The molecule has 2 aliphatic rings. The third-order valence-electron chi connectivity index (χ3n) is 6.36. The summed E-state index contributed by atoms with van der Waals surface area (Å²) >= 11 is 0. The zero-order chi connectivity index (χ0) is 25.6. The minimum atomic E-state index is -0.723. The standard InChI is InChI=1S/C26H23N5O5/c1-15(25(34)30-10-5-11-30)28-24(33)16(2)31-14-27-23-18(6-4-7-19(23)26(31)35)17-8-9-20-21(12-17)36-13-22(32)29(20)3/h4,6-9,12,14H,1-2,5,10-11,13H2,3H3,(H,28,33). The molecular weight excluding hydrogens is 462 g/mol. The van der Waals surface area contributed by atoms with Crippen LogP contribution in [0, 0.1) is 0 Å². The highest BCUT2D eigenvalue weighted by molar-refractivity contribution is 6.15. The van der Waals surface area contributed by atoms with Gasteiger partial charge in [0.25, 0.3) is 23.3 Å². The van der Waals surface area contributed by atoms with Crippen molar-refractivity contribution < 1.29 is 19.1 Å². The van der Waals surface area contributed by atoms with E-state index >= 15 is 0 Å². The molecule has 36 heavy (non-hydrogen) atoms. The van der Waals surface area contributed by atoms with Crippen molar-refractivity contribution in [1.29, 1.82) is 0 Å². The predicted octanol–water partition coefficient (Wildman–Crippen LogP) is 1.75. The topological polar surface area (TPSA) is 114 Å². The number of likely N-dealkylation sites (tertiary alicyclic amines) is 1. The van der Waals surface area contributed by atoms with Crippen LogP contribution < -0.4 is 20.5 Å². The molecule has 0 atom stereocenters. The number of fused-ring (bicyclic) bond motifs is 2. The van der Waals surface area contributed by atoms with Crippen LogP contribution in [0.3, 0.4) is 0 Å². The van der Waals surface area contributed by atoms with Crippen LogP contribution in [0.5, 0.6) is 5.75 Å². The SMILES string of the molecule is C=C(NC(=O)C(=C)n1cnc2c(-c3ccc4c(c3)OCC(=O)N4C)cccc2c1=O)C(=O)N1CCC1. The van der Waals surface area contributed by atoms with Gasteiger partial charge in [-0.25, -0.2) is 4.98 Å². The van der Waals surface area contributed by atoms with Gasteiger partial charge in [0.15, 0.2) is 6.61 Å². The molecule has 1 fully saturated rings. The Kier molecular flexibility index (Phi) is 5.63. The van der Waals surface area contributed by atoms with E-state index in [-0.39, 0.29) is 35.2 Å². The number of aromatic nitrogens is 2. The molecule has 0 spiro atoms. The fourth-order valence-corrected chi connectivity index (χ4v) is 4.11. The number of benzene rings is 2. The Morgan fingerprint density at radius 3 is 2.61 bits per heavy atom. The molecule has 182 valence electrons. The first-order chi connectivity index (χ1) is 17.3. The van der Waals surface area contributed by atoms with Crippen LogP contribution in [-0.2, 0) is 14.4 Å². The summed E-state index contributed by atoms with van der Waals surface area (Å²) in [5, 5.41) is 2.70. The highest BCUT2D eigenvalue weighted by Crippen LogP contribution is 2.36. The van der Waals surface area contributed by atoms with Crippen molar-refractivity contribution in [2.75, 3.05) is 31.6 Å². The van der Waals surface area contributed by atoms with Gasteiger partial charge in [-0.3, -0.25) is 23.7 Å². The lowest BCUT2D eigenvalue weighted by Crippen LogP contribution is -2.45. The molecule has 0 bridgehead atoms. The number of carbonyl (C=O) groups excluding carboxylic acids is 3. The molecule has 0 aliphatic carbocycles. The van der Waals surface area contributed by atoms with Crippen LogP contribution in [0.4, 0.5) is 5.69 Å². The van der Waals surface area contributed by atoms with E-state index in [9.17, 15) is 19.2 Å². The molecule has 10 nitrogen and oxygen atoms in total. The van der Waals surface area contributed by atoms with E-state index in [0.717, 1.165) is 16.6 Å². The van der Waals surface area contributed by atoms with Crippen molar-refractivity contribution in [1.82, 2.24) is 19.8 Å². The van der Waals surface area contributed by atoms with Gasteiger partial charge in [-0.2, -0.15) is 0 Å². The predicted molar refractivity (Wildman–Crippen MR) is 134 cm³/mol. The highest BCUT2D eigenvalue weighted by atomic mass is 16.5. The molecule has 1 N–H and O–H groups in total. The van der Waals surface area contributed by atoms with Crippen molar-refractivity contribution in [3.8, 4) is 16.9 Å². The summed E-state index contributed by atoms with van der Waals surface area (Å²) in [6.07, 6.45) is 2.15. The van der Waals surface area contributed by atoms with Crippen LogP contribution in [0.25, 0.3) is 27.7 Å². The van der Waals surface area contributed by atoms with Gasteiger partial charge >= 0.3 is 0 Å². The molecule has 2 aliphatic heterocycles. The number of anilines is 1. The smallest absolute Gasteiger partial charge is 0.272 e. The Hall–Kier alpha value is -4.73. The third-order valence-corrected chi connectivity index (χ3v) is 6.36. The minimum absolute atomic E-state index is 0.0499. The van der Waals surface area contributed by atoms with Gasteiger partial charge in [0.05, 0.1) is 22.3 Å². The van der Waals surface area contributed by atoms with Crippen molar-refractivity contribution in [3.63, 3.8) is 0 Å².